The highest BCUT2D eigenvalue weighted by molar-refractivity contribution is 7.33. The van der Waals surface area contributed by atoms with Crippen LogP contribution in [0.2, 0.25) is 0 Å². The van der Waals surface area contributed by atoms with Gasteiger partial charge in [0.25, 0.3) is 0 Å². The van der Waals surface area contributed by atoms with E-state index in [9.17, 15) is 5.11 Å². The van der Waals surface area contributed by atoms with Crippen molar-refractivity contribution in [2.24, 2.45) is 0 Å². The molecule has 3 heterocycles. The van der Waals surface area contributed by atoms with Crippen LogP contribution in [0.15, 0.2) is 97.2 Å². The number of thiophene rings is 2. The minimum absolute atomic E-state index is 0.239. The molecule has 0 bridgehead atoms. The fourth-order valence-electron chi connectivity index (χ4n) is 3.51. The number of benzene rings is 3. The number of fused-ring (bicyclic) bond motifs is 3. The lowest BCUT2D eigenvalue weighted by Crippen LogP contribution is -2.21. The van der Waals surface area contributed by atoms with Gasteiger partial charge in [0.05, 0.1) is 0 Å². The van der Waals surface area contributed by atoms with Crippen molar-refractivity contribution < 1.29 is 5.11 Å². The van der Waals surface area contributed by atoms with Crippen molar-refractivity contribution in [2.75, 3.05) is 0 Å². The first-order valence-corrected chi connectivity index (χ1v) is 11.4. The lowest BCUT2D eigenvalue weighted by Gasteiger charge is -1.96. The van der Waals surface area contributed by atoms with Gasteiger partial charge in [-0.05, 0) is 56.7 Å². The number of para-hydroxylation sites is 1. The lowest BCUT2D eigenvalue weighted by molar-refractivity contribution is 0.480. The van der Waals surface area contributed by atoms with Gasteiger partial charge in [-0.1, -0.05) is 54.6 Å². The number of pyridine rings is 1. The van der Waals surface area contributed by atoms with Crippen LogP contribution in [-0.4, -0.2) is 17.4 Å². The van der Waals surface area contributed by atoms with Gasteiger partial charge >= 0.3 is 0 Å². The fourth-order valence-corrected chi connectivity index (χ4v) is 5.77. The molecule has 0 aliphatic carbocycles. The third-order valence-electron chi connectivity index (χ3n) is 4.91. The molecular formula is C25H18BNOS2. The van der Waals surface area contributed by atoms with Crippen molar-refractivity contribution in [3.05, 3.63) is 97.2 Å². The average molecular weight is 423 g/mol. The van der Waals surface area contributed by atoms with Crippen molar-refractivity contribution >= 4 is 70.6 Å². The van der Waals surface area contributed by atoms with Gasteiger partial charge in [-0.15, -0.1) is 0 Å². The Bertz CT molecular complexity index is 1310. The van der Waals surface area contributed by atoms with Crippen LogP contribution in [0.1, 0.15) is 0 Å². The molecule has 0 aliphatic rings. The first-order valence-electron chi connectivity index (χ1n) is 9.74. The smallest absolute Gasteiger partial charge is 0.218 e. The van der Waals surface area contributed by atoms with E-state index in [-0.39, 0.29) is 5.75 Å². The van der Waals surface area contributed by atoms with E-state index >= 15 is 0 Å². The molecule has 0 atom stereocenters. The number of phenolic OH excluding ortho intramolecular Hbond substituents is 1. The van der Waals surface area contributed by atoms with Crippen LogP contribution >= 0.6 is 22.7 Å². The van der Waals surface area contributed by atoms with Crippen LogP contribution in [0.3, 0.4) is 0 Å². The quantitative estimate of drug-likeness (QED) is 0.376. The third-order valence-corrected chi connectivity index (χ3v) is 7.15. The maximum absolute atomic E-state index is 9.31. The zero-order valence-electron chi connectivity index (χ0n) is 16.2. The van der Waals surface area contributed by atoms with Crippen LogP contribution in [-0.2, 0) is 0 Å². The molecule has 3 aromatic heterocycles. The Morgan fingerprint density at radius 1 is 0.633 bits per heavy atom. The molecule has 0 fully saturated rings. The number of aromatic hydroxyl groups is 1. The minimum Gasteiger partial charge on any atom is -0.506 e. The molecular weight excluding hydrogens is 405 g/mol. The maximum Gasteiger partial charge on any atom is 0.218 e. The Hall–Kier alpha value is -3.15. The largest absolute Gasteiger partial charge is 0.506 e. The average Bonchev–Trinajstić information content (AvgIpc) is 3.37. The number of hydrogen-bond acceptors (Lipinski definition) is 4. The molecule has 3 aromatic carbocycles. The highest BCUT2D eigenvalue weighted by atomic mass is 32.1. The van der Waals surface area contributed by atoms with Gasteiger partial charge in [-0.25, -0.2) is 0 Å². The topological polar surface area (TPSA) is 33.1 Å². The first-order chi connectivity index (χ1) is 14.8. The van der Waals surface area contributed by atoms with Crippen LogP contribution in [0.4, 0.5) is 0 Å². The fraction of sp³-hybridized carbons (Fsp3) is 0. The number of hydrogen-bond donors (Lipinski definition) is 1. The van der Waals surface area contributed by atoms with Gasteiger partial charge in [-0.2, -0.15) is 22.7 Å². The van der Waals surface area contributed by atoms with Crippen LogP contribution < -0.4 is 9.55 Å². The summed E-state index contributed by atoms with van der Waals surface area (Å²) >= 11 is 3.82. The summed E-state index contributed by atoms with van der Waals surface area (Å²) in [4.78, 5) is 4.03. The van der Waals surface area contributed by atoms with E-state index in [1.54, 1.807) is 18.3 Å². The zero-order chi connectivity index (χ0) is 20.3. The summed E-state index contributed by atoms with van der Waals surface area (Å²) in [5, 5.41) is 13.0. The molecule has 6 aromatic rings. The van der Waals surface area contributed by atoms with Crippen molar-refractivity contribution in [3.8, 4) is 5.75 Å². The Balaban J connectivity index is 0.000000149. The van der Waals surface area contributed by atoms with Gasteiger partial charge in [0, 0.05) is 21.0 Å². The van der Waals surface area contributed by atoms with Crippen LogP contribution in [0, 0.1) is 0 Å². The molecule has 0 amide bonds. The summed E-state index contributed by atoms with van der Waals surface area (Å²) in [6.07, 6.45) is 1.67. The molecule has 144 valence electrons. The predicted octanol–water partition coefficient (Wildman–Crippen LogP) is 5.44. The van der Waals surface area contributed by atoms with E-state index in [1.165, 1.54) is 29.7 Å². The second kappa shape index (κ2) is 8.30. The molecule has 0 spiro atoms. The van der Waals surface area contributed by atoms with E-state index in [0.717, 1.165) is 12.7 Å². The predicted molar refractivity (Wildman–Crippen MR) is 133 cm³/mol. The van der Waals surface area contributed by atoms with Gasteiger partial charge in [0.2, 0.25) is 7.28 Å². The first kappa shape index (κ1) is 18.9. The Morgan fingerprint density at radius 2 is 1.20 bits per heavy atom. The van der Waals surface area contributed by atoms with Crippen LogP contribution in [0.25, 0.3) is 31.1 Å². The molecule has 0 radical (unpaired) electrons. The molecule has 2 nitrogen and oxygen atoms in total. The summed E-state index contributed by atoms with van der Waals surface area (Å²) in [5.41, 5.74) is 0.662. The molecule has 5 heteroatoms. The Kier molecular flexibility index (Phi) is 5.22. The number of aromatic nitrogens is 1. The van der Waals surface area contributed by atoms with E-state index < -0.39 is 0 Å². The maximum atomic E-state index is 9.31. The second-order valence-corrected chi connectivity index (χ2v) is 9.37. The lowest BCUT2D eigenvalue weighted by atomic mass is 9.75. The van der Waals surface area contributed by atoms with Gasteiger partial charge in [0.1, 0.15) is 11.3 Å². The molecule has 0 saturated carbocycles. The minimum atomic E-state index is 0.239. The summed E-state index contributed by atoms with van der Waals surface area (Å²) < 4.78 is 5.68. The molecule has 0 saturated heterocycles. The van der Waals surface area contributed by atoms with E-state index in [4.69, 9.17) is 0 Å². The normalized spacial score (nSPS) is 10.8. The zero-order valence-corrected chi connectivity index (χ0v) is 17.8. The van der Waals surface area contributed by atoms with Gasteiger partial charge in [0.15, 0.2) is 0 Å². The summed E-state index contributed by atoms with van der Waals surface area (Å²) in [6, 6.07) is 31.0. The van der Waals surface area contributed by atoms with E-state index in [0.29, 0.717) is 5.52 Å². The van der Waals surface area contributed by atoms with Crippen LogP contribution in [0.5, 0.6) is 5.75 Å². The third kappa shape index (κ3) is 3.95. The van der Waals surface area contributed by atoms with E-state index in [2.05, 4.69) is 65.6 Å². The summed E-state index contributed by atoms with van der Waals surface area (Å²) in [6.45, 7) is 0. The highest BCUT2D eigenvalue weighted by Crippen LogP contribution is 2.21. The van der Waals surface area contributed by atoms with Crippen molar-refractivity contribution in [1.29, 1.82) is 0 Å². The SMILES string of the molecule is B(c1cc2ccccc2s1)c1cc2ccccc2s1.Oc1cccc2cccnc12. The Morgan fingerprint density at radius 3 is 1.80 bits per heavy atom. The molecule has 0 unspecified atom stereocenters. The molecule has 1 N–H and O–H groups in total. The number of rotatable bonds is 2. The molecule has 30 heavy (non-hydrogen) atoms. The molecule has 0 aliphatic heterocycles. The summed E-state index contributed by atoms with van der Waals surface area (Å²) in [7, 11) is 1.05. The van der Waals surface area contributed by atoms with Gasteiger partial charge in [-0.3, -0.25) is 4.98 Å². The standard InChI is InChI=1S/C16H11BS2.C9H7NO/c1-3-7-13-11(5-1)9-15(18-13)17-16-10-12-6-2-4-8-14(12)19-16;11-8-5-1-3-7-4-2-6-10-9(7)8/h1-10,17H;1-6,11H. The molecule has 6 rings (SSSR count). The number of phenols is 1. The second-order valence-electron chi connectivity index (χ2n) is 7.03. The van der Waals surface area contributed by atoms with E-state index in [1.807, 2.05) is 40.9 Å². The Labute approximate surface area is 183 Å². The van der Waals surface area contributed by atoms with Gasteiger partial charge < -0.3 is 5.11 Å². The number of nitrogens with zero attached hydrogens (tertiary/aromatic N) is 1. The highest BCUT2D eigenvalue weighted by Gasteiger charge is 2.07. The van der Waals surface area contributed by atoms with Crippen molar-refractivity contribution in [1.82, 2.24) is 4.98 Å². The van der Waals surface area contributed by atoms with Crippen molar-refractivity contribution in [2.45, 2.75) is 0 Å². The summed E-state index contributed by atoms with van der Waals surface area (Å²) in [5.74, 6) is 0.239. The monoisotopic (exact) mass is 423 g/mol. The van der Waals surface area contributed by atoms with Crippen molar-refractivity contribution in [3.63, 3.8) is 0 Å².